The maximum absolute atomic E-state index is 13.1. The molecule has 5 aromatic rings. The maximum Gasteiger partial charge on any atom is 0.337 e. The highest BCUT2D eigenvalue weighted by molar-refractivity contribution is 7.99. The quantitative estimate of drug-likeness (QED) is 0.251. The van der Waals surface area contributed by atoms with E-state index in [0.29, 0.717) is 16.8 Å². The summed E-state index contributed by atoms with van der Waals surface area (Å²) < 4.78 is 4.72. The van der Waals surface area contributed by atoms with Crippen LogP contribution in [0.3, 0.4) is 0 Å². The number of aromatic nitrogens is 3. The van der Waals surface area contributed by atoms with Gasteiger partial charge >= 0.3 is 5.97 Å². The number of amides is 1. The summed E-state index contributed by atoms with van der Waals surface area (Å²) in [6.45, 7) is 0. The zero-order valence-electron chi connectivity index (χ0n) is 19.8. The second-order valence-electron chi connectivity index (χ2n) is 8.03. The Bertz CT molecular complexity index is 1600. The molecule has 3 aromatic carbocycles. The summed E-state index contributed by atoms with van der Waals surface area (Å²) in [5.41, 5.74) is 4.14. The van der Waals surface area contributed by atoms with Crippen LogP contribution in [0.1, 0.15) is 32.1 Å². The first-order chi connectivity index (χ1) is 18.1. The SMILES string of the molecule is COC(=O)c1ccc(NC(=O)c2ccccc2Sc2ccc3c(/C=C/c4ccccn4)n[nH]c3c2)cc1. The molecule has 182 valence electrons. The molecule has 0 aliphatic heterocycles. The average molecular weight is 507 g/mol. The molecule has 37 heavy (non-hydrogen) atoms. The van der Waals surface area contributed by atoms with E-state index in [1.165, 1.54) is 18.9 Å². The number of nitrogens with one attached hydrogen (secondary N) is 2. The smallest absolute Gasteiger partial charge is 0.337 e. The third-order valence-corrected chi connectivity index (χ3v) is 6.65. The Hall–Kier alpha value is -4.69. The zero-order valence-corrected chi connectivity index (χ0v) is 20.7. The lowest BCUT2D eigenvalue weighted by molar-refractivity contribution is 0.0600. The fraction of sp³-hybridized carbons (Fsp3) is 0.0345. The summed E-state index contributed by atoms with van der Waals surface area (Å²) >= 11 is 1.50. The minimum Gasteiger partial charge on any atom is -0.465 e. The lowest BCUT2D eigenvalue weighted by Gasteiger charge is -2.10. The summed E-state index contributed by atoms with van der Waals surface area (Å²) in [7, 11) is 1.33. The number of hydrogen-bond donors (Lipinski definition) is 2. The molecule has 2 heterocycles. The van der Waals surface area contributed by atoms with Crippen molar-refractivity contribution in [3.05, 3.63) is 114 Å². The predicted molar refractivity (Wildman–Crippen MR) is 146 cm³/mol. The van der Waals surface area contributed by atoms with E-state index in [9.17, 15) is 9.59 Å². The van der Waals surface area contributed by atoms with Crippen LogP contribution < -0.4 is 5.32 Å². The van der Waals surface area contributed by atoms with Gasteiger partial charge in [0.05, 0.1) is 35.1 Å². The summed E-state index contributed by atoms with van der Waals surface area (Å²) in [4.78, 5) is 30.8. The van der Waals surface area contributed by atoms with Crippen LogP contribution in [0.25, 0.3) is 23.1 Å². The number of ether oxygens (including phenoxy) is 1. The minimum absolute atomic E-state index is 0.238. The molecule has 5 rings (SSSR count). The number of esters is 1. The van der Waals surface area contributed by atoms with Gasteiger partial charge in [0, 0.05) is 27.1 Å². The van der Waals surface area contributed by atoms with Crippen molar-refractivity contribution in [2.24, 2.45) is 0 Å². The maximum atomic E-state index is 13.1. The number of nitrogens with zero attached hydrogens (tertiary/aromatic N) is 2. The van der Waals surface area contributed by atoms with Gasteiger partial charge in [-0.3, -0.25) is 14.9 Å². The third-order valence-electron chi connectivity index (χ3n) is 5.59. The van der Waals surface area contributed by atoms with Gasteiger partial charge in [-0.05, 0) is 78.9 Å². The molecule has 0 aliphatic carbocycles. The van der Waals surface area contributed by atoms with Crippen molar-refractivity contribution in [2.75, 3.05) is 12.4 Å². The number of methoxy groups -OCH3 is 1. The van der Waals surface area contributed by atoms with Crippen molar-refractivity contribution in [3.63, 3.8) is 0 Å². The Morgan fingerprint density at radius 3 is 2.54 bits per heavy atom. The molecule has 8 heteroatoms. The number of aromatic amines is 1. The van der Waals surface area contributed by atoms with Crippen LogP contribution in [0.2, 0.25) is 0 Å². The Morgan fingerprint density at radius 1 is 0.946 bits per heavy atom. The number of rotatable bonds is 7. The summed E-state index contributed by atoms with van der Waals surface area (Å²) in [5.74, 6) is -0.663. The molecular weight excluding hydrogens is 484 g/mol. The highest BCUT2D eigenvalue weighted by Gasteiger charge is 2.14. The van der Waals surface area contributed by atoms with Gasteiger partial charge < -0.3 is 10.1 Å². The fourth-order valence-corrected chi connectivity index (χ4v) is 4.71. The molecule has 2 N–H and O–H groups in total. The van der Waals surface area contributed by atoms with Crippen LogP contribution >= 0.6 is 11.8 Å². The van der Waals surface area contributed by atoms with Crippen LogP contribution in [0.15, 0.2) is 101 Å². The molecule has 0 unspecified atom stereocenters. The van der Waals surface area contributed by atoms with E-state index in [1.54, 1.807) is 36.5 Å². The van der Waals surface area contributed by atoms with Crippen molar-refractivity contribution in [1.82, 2.24) is 15.2 Å². The predicted octanol–water partition coefficient (Wildman–Crippen LogP) is 6.32. The Labute approximate surface area is 217 Å². The molecule has 0 radical (unpaired) electrons. The lowest BCUT2D eigenvalue weighted by atomic mass is 10.2. The van der Waals surface area contributed by atoms with E-state index in [-0.39, 0.29) is 5.91 Å². The number of carbonyl (C=O) groups is 2. The molecule has 2 aromatic heterocycles. The number of fused-ring (bicyclic) bond motifs is 1. The van der Waals surface area contributed by atoms with Crippen LogP contribution in [0.5, 0.6) is 0 Å². The van der Waals surface area contributed by atoms with Crippen molar-refractivity contribution >= 4 is 52.4 Å². The molecule has 0 saturated carbocycles. The minimum atomic E-state index is -0.426. The highest BCUT2D eigenvalue weighted by Crippen LogP contribution is 2.33. The highest BCUT2D eigenvalue weighted by atomic mass is 32.2. The third kappa shape index (κ3) is 5.60. The Morgan fingerprint density at radius 2 is 1.76 bits per heavy atom. The number of carbonyl (C=O) groups excluding carboxylic acids is 2. The molecule has 0 bridgehead atoms. The zero-order chi connectivity index (χ0) is 25.6. The lowest BCUT2D eigenvalue weighted by Crippen LogP contribution is -2.13. The van der Waals surface area contributed by atoms with Gasteiger partial charge in [-0.1, -0.05) is 30.0 Å². The van der Waals surface area contributed by atoms with E-state index in [0.717, 1.165) is 32.1 Å². The number of pyridine rings is 1. The second-order valence-corrected chi connectivity index (χ2v) is 9.14. The number of H-pyrrole nitrogens is 1. The van der Waals surface area contributed by atoms with Crippen molar-refractivity contribution in [1.29, 1.82) is 0 Å². The molecule has 0 atom stereocenters. The molecule has 1 amide bonds. The Kier molecular flexibility index (Phi) is 7.09. The van der Waals surface area contributed by atoms with Gasteiger partial charge in [0.15, 0.2) is 0 Å². The summed E-state index contributed by atoms with van der Waals surface area (Å²) in [6.07, 6.45) is 5.62. The second kappa shape index (κ2) is 10.9. The fourth-order valence-electron chi connectivity index (χ4n) is 3.73. The van der Waals surface area contributed by atoms with Crippen LogP contribution in [0, 0.1) is 0 Å². The van der Waals surface area contributed by atoms with Gasteiger partial charge in [0.1, 0.15) is 0 Å². The average Bonchev–Trinajstić information content (AvgIpc) is 3.35. The number of benzene rings is 3. The topological polar surface area (TPSA) is 97.0 Å². The summed E-state index contributed by atoms with van der Waals surface area (Å²) in [6, 6.07) is 25.8. The molecule has 0 spiro atoms. The largest absolute Gasteiger partial charge is 0.465 e. The molecule has 7 nitrogen and oxygen atoms in total. The van der Waals surface area contributed by atoms with E-state index < -0.39 is 5.97 Å². The van der Waals surface area contributed by atoms with Gasteiger partial charge in [0.25, 0.3) is 5.91 Å². The van der Waals surface area contributed by atoms with Crippen LogP contribution in [-0.2, 0) is 4.74 Å². The number of anilines is 1. The molecule has 0 aliphatic rings. The Balaban J connectivity index is 1.32. The molecular formula is C29H22N4O3S. The van der Waals surface area contributed by atoms with Gasteiger partial charge in [-0.15, -0.1) is 0 Å². The molecule has 0 saturated heterocycles. The summed E-state index contributed by atoms with van der Waals surface area (Å²) in [5, 5.41) is 11.4. The molecule has 0 fully saturated rings. The van der Waals surface area contributed by atoms with E-state index in [2.05, 4.69) is 20.5 Å². The number of hydrogen-bond acceptors (Lipinski definition) is 6. The van der Waals surface area contributed by atoms with Crippen molar-refractivity contribution < 1.29 is 14.3 Å². The normalized spacial score (nSPS) is 11.1. The van der Waals surface area contributed by atoms with Crippen molar-refractivity contribution in [2.45, 2.75) is 9.79 Å². The first-order valence-electron chi connectivity index (χ1n) is 11.4. The first-order valence-corrected chi connectivity index (χ1v) is 12.3. The van der Waals surface area contributed by atoms with Crippen LogP contribution in [-0.4, -0.2) is 34.2 Å². The van der Waals surface area contributed by atoms with Gasteiger partial charge in [0.2, 0.25) is 0 Å². The first kappa shape index (κ1) is 24.0. The monoisotopic (exact) mass is 506 g/mol. The van der Waals surface area contributed by atoms with E-state index in [1.807, 2.05) is 66.7 Å². The van der Waals surface area contributed by atoms with E-state index >= 15 is 0 Å². The van der Waals surface area contributed by atoms with Crippen molar-refractivity contribution in [3.8, 4) is 0 Å². The van der Waals surface area contributed by atoms with Gasteiger partial charge in [-0.25, -0.2) is 4.79 Å². The van der Waals surface area contributed by atoms with E-state index in [4.69, 9.17) is 4.74 Å². The standard InChI is InChI=1S/C29H22N4O3S/c1-36-29(35)19-9-11-21(12-10-19)31-28(34)24-7-2-3-8-27(24)37-22-14-15-23-25(32-33-26(23)18-22)16-13-20-6-4-5-17-30-20/h2-18H,1H3,(H,31,34)(H,32,33)/b16-13+. The van der Waals surface area contributed by atoms with Crippen LogP contribution in [0.4, 0.5) is 5.69 Å². The van der Waals surface area contributed by atoms with Gasteiger partial charge in [-0.2, -0.15) is 5.10 Å².